The molecule has 3 heteroatoms. The number of aliphatic hydroxyl groups excluding tert-OH is 2. The van der Waals surface area contributed by atoms with Gasteiger partial charge in [-0.25, -0.2) is 0 Å². The first-order valence-electron chi connectivity index (χ1n) is 16.7. The molecule has 3 aliphatic rings. The molecule has 0 saturated heterocycles. The summed E-state index contributed by atoms with van der Waals surface area (Å²) in [7, 11) is 0. The van der Waals surface area contributed by atoms with Crippen molar-refractivity contribution in [1.82, 2.24) is 0 Å². The molecule has 0 radical (unpaired) electrons. The van der Waals surface area contributed by atoms with E-state index in [2.05, 4.69) is 32.9 Å². The van der Waals surface area contributed by atoms with Gasteiger partial charge in [-0.2, -0.15) is 0 Å². The second kappa shape index (κ2) is 17.0. The van der Waals surface area contributed by atoms with Crippen molar-refractivity contribution < 1.29 is 15.0 Å². The third-order valence-electron chi connectivity index (χ3n) is 10.2. The van der Waals surface area contributed by atoms with Gasteiger partial charge in [-0.3, -0.25) is 4.79 Å². The van der Waals surface area contributed by atoms with Crippen LogP contribution in [0.5, 0.6) is 0 Å². The predicted octanol–water partition coefficient (Wildman–Crippen LogP) is 9.11. The number of carbonyl (C=O) groups is 1. The zero-order valence-corrected chi connectivity index (χ0v) is 25.1. The molecule has 7 atom stereocenters. The van der Waals surface area contributed by atoms with Crippen LogP contribution in [0.4, 0.5) is 0 Å². The molecule has 0 aromatic rings. The third-order valence-corrected chi connectivity index (χ3v) is 10.2. The van der Waals surface area contributed by atoms with E-state index in [-0.39, 0.29) is 12.0 Å². The van der Waals surface area contributed by atoms with Gasteiger partial charge in [-0.1, -0.05) is 95.4 Å². The normalized spacial score (nSPS) is 27.8. The van der Waals surface area contributed by atoms with Crippen LogP contribution in [0.2, 0.25) is 0 Å². The SMILES string of the molecule is CCCC(=O)CC(CCC1=CC(C)C2=CCCCC12)C(O)CCCC(O)CCCCCC1CCCCC1C. The summed E-state index contributed by atoms with van der Waals surface area (Å²) in [6.07, 6.45) is 25.8. The lowest BCUT2D eigenvalue weighted by molar-refractivity contribution is -0.121. The number of hydrogen-bond donors (Lipinski definition) is 2. The quantitative estimate of drug-likeness (QED) is 0.138. The molecule has 0 spiro atoms. The third kappa shape index (κ3) is 10.2. The van der Waals surface area contributed by atoms with E-state index in [1.54, 1.807) is 11.1 Å². The maximum absolute atomic E-state index is 12.5. The Kier molecular flexibility index (Phi) is 14.1. The van der Waals surface area contributed by atoms with Gasteiger partial charge in [0.05, 0.1) is 12.2 Å². The average Bonchev–Trinajstić information content (AvgIpc) is 3.23. The van der Waals surface area contributed by atoms with Crippen LogP contribution >= 0.6 is 0 Å². The van der Waals surface area contributed by atoms with E-state index in [0.717, 1.165) is 56.8 Å². The molecular weight excluding hydrogens is 468 g/mol. The van der Waals surface area contributed by atoms with Crippen LogP contribution in [0.15, 0.2) is 23.3 Å². The molecule has 38 heavy (non-hydrogen) atoms. The average molecular weight is 529 g/mol. The van der Waals surface area contributed by atoms with Crippen molar-refractivity contribution in [2.75, 3.05) is 0 Å². The summed E-state index contributed by atoms with van der Waals surface area (Å²) in [5, 5.41) is 21.7. The number of ketones is 1. The molecule has 3 nitrogen and oxygen atoms in total. The number of carbonyl (C=O) groups excluding carboxylic acids is 1. The van der Waals surface area contributed by atoms with Crippen molar-refractivity contribution in [2.24, 2.45) is 29.6 Å². The topological polar surface area (TPSA) is 57.5 Å². The first-order valence-corrected chi connectivity index (χ1v) is 16.7. The highest BCUT2D eigenvalue weighted by atomic mass is 16.3. The number of Topliss-reactive ketones (excluding diaryl/α,β-unsaturated/α-hetero) is 1. The van der Waals surface area contributed by atoms with E-state index in [9.17, 15) is 15.0 Å². The molecule has 218 valence electrons. The highest BCUT2D eigenvalue weighted by Gasteiger charge is 2.31. The first kappa shape index (κ1) is 31.6. The highest BCUT2D eigenvalue weighted by molar-refractivity contribution is 5.78. The summed E-state index contributed by atoms with van der Waals surface area (Å²) >= 11 is 0. The van der Waals surface area contributed by atoms with Crippen molar-refractivity contribution in [3.8, 4) is 0 Å². The maximum Gasteiger partial charge on any atom is 0.133 e. The molecular formula is C35H60O3. The first-order chi connectivity index (χ1) is 18.4. The molecule has 3 rings (SSSR count). The molecule has 0 heterocycles. The lowest BCUT2D eigenvalue weighted by Crippen LogP contribution is -2.24. The fraction of sp³-hybridized carbons (Fsp3) is 0.857. The predicted molar refractivity (Wildman–Crippen MR) is 160 cm³/mol. The zero-order chi connectivity index (χ0) is 27.3. The molecule has 0 amide bonds. The second-order valence-electron chi connectivity index (χ2n) is 13.3. The van der Waals surface area contributed by atoms with Gasteiger partial charge in [-0.05, 0) is 87.9 Å². The number of aliphatic hydroxyl groups is 2. The van der Waals surface area contributed by atoms with Crippen LogP contribution in [-0.2, 0) is 4.79 Å². The van der Waals surface area contributed by atoms with Gasteiger partial charge in [0.1, 0.15) is 5.78 Å². The minimum Gasteiger partial charge on any atom is -0.393 e. The van der Waals surface area contributed by atoms with Crippen LogP contribution in [0.1, 0.15) is 149 Å². The van der Waals surface area contributed by atoms with Gasteiger partial charge in [-0.15, -0.1) is 0 Å². The summed E-state index contributed by atoms with van der Waals surface area (Å²) in [6.45, 7) is 6.81. The van der Waals surface area contributed by atoms with E-state index in [4.69, 9.17) is 0 Å². The van der Waals surface area contributed by atoms with Crippen LogP contribution < -0.4 is 0 Å². The van der Waals surface area contributed by atoms with E-state index in [0.29, 0.717) is 36.9 Å². The van der Waals surface area contributed by atoms with Gasteiger partial charge in [0, 0.05) is 18.8 Å². The Morgan fingerprint density at radius 1 is 0.947 bits per heavy atom. The van der Waals surface area contributed by atoms with Gasteiger partial charge in [0.25, 0.3) is 0 Å². The summed E-state index contributed by atoms with van der Waals surface area (Å²) in [5.74, 6) is 3.35. The Hall–Kier alpha value is -0.930. The van der Waals surface area contributed by atoms with Crippen molar-refractivity contribution in [3.05, 3.63) is 23.3 Å². The van der Waals surface area contributed by atoms with Crippen LogP contribution in [0.25, 0.3) is 0 Å². The van der Waals surface area contributed by atoms with Crippen LogP contribution in [-0.4, -0.2) is 28.2 Å². The number of fused-ring (bicyclic) bond motifs is 1. The Morgan fingerprint density at radius 2 is 1.74 bits per heavy atom. The minimum atomic E-state index is -0.443. The molecule has 0 bridgehead atoms. The molecule has 1 fully saturated rings. The lowest BCUT2D eigenvalue weighted by Gasteiger charge is -2.28. The number of allylic oxidation sites excluding steroid dienone is 4. The Bertz CT molecular complexity index is 752. The fourth-order valence-electron chi connectivity index (χ4n) is 7.78. The number of unbranched alkanes of at least 4 members (excludes halogenated alkanes) is 2. The summed E-state index contributed by atoms with van der Waals surface area (Å²) in [6, 6.07) is 0. The van der Waals surface area contributed by atoms with Crippen molar-refractivity contribution in [1.29, 1.82) is 0 Å². The standard InChI is InChI=1S/C35H60O3/c1-4-13-32(37)25-30(23-22-29-24-27(3)33-19-10-11-20-34(29)33)35(38)21-12-18-31(36)17-7-5-6-15-28-16-9-8-14-26(28)2/h19,24,26-28,30-31,34-36,38H,4-18,20-23,25H2,1-3H3. The van der Waals surface area contributed by atoms with E-state index in [1.165, 1.54) is 64.2 Å². The molecule has 2 N–H and O–H groups in total. The van der Waals surface area contributed by atoms with Gasteiger partial charge >= 0.3 is 0 Å². The fourth-order valence-corrected chi connectivity index (χ4v) is 7.78. The molecule has 7 unspecified atom stereocenters. The van der Waals surface area contributed by atoms with E-state index in [1.807, 2.05) is 0 Å². The van der Waals surface area contributed by atoms with E-state index < -0.39 is 6.10 Å². The van der Waals surface area contributed by atoms with E-state index >= 15 is 0 Å². The smallest absolute Gasteiger partial charge is 0.133 e. The van der Waals surface area contributed by atoms with Gasteiger partial charge in [0.2, 0.25) is 0 Å². The minimum absolute atomic E-state index is 0.0428. The van der Waals surface area contributed by atoms with Crippen LogP contribution in [0.3, 0.4) is 0 Å². The molecule has 3 aliphatic carbocycles. The Morgan fingerprint density at radius 3 is 2.53 bits per heavy atom. The summed E-state index contributed by atoms with van der Waals surface area (Å²) in [4.78, 5) is 12.5. The van der Waals surface area contributed by atoms with Crippen molar-refractivity contribution >= 4 is 5.78 Å². The largest absolute Gasteiger partial charge is 0.393 e. The van der Waals surface area contributed by atoms with Crippen LogP contribution in [0, 0.1) is 29.6 Å². The molecule has 0 aliphatic heterocycles. The highest BCUT2D eigenvalue weighted by Crippen LogP contribution is 2.44. The van der Waals surface area contributed by atoms with Crippen molar-refractivity contribution in [3.63, 3.8) is 0 Å². The summed E-state index contributed by atoms with van der Waals surface area (Å²) < 4.78 is 0. The number of hydrogen-bond acceptors (Lipinski definition) is 3. The maximum atomic E-state index is 12.5. The van der Waals surface area contributed by atoms with Crippen molar-refractivity contribution in [2.45, 2.75) is 161 Å². The second-order valence-corrected chi connectivity index (χ2v) is 13.3. The van der Waals surface area contributed by atoms with Gasteiger partial charge < -0.3 is 10.2 Å². The Balaban J connectivity index is 1.36. The molecule has 1 saturated carbocycles. The monoisotopic (exact) mass is 528 g/mol. The molecule has 0 aromatic carbocycles. The van der Waals surface area contributed by atoms with Gasteiger partial charge in [0.15, 0.2) is 0 Å². The summed E-state index contributed by atoms with van der Waals surface area (Å²) in [5.41, 5.74) is 3.17. The number of rotatable bonds is 18. The zero-order valence-electron chi connectivity index (χ0n) is 25.1. The Labute approximate surface area is 235 Å². The lowest BCUT2D eigenvalue weighted by atomic mass is 9.78. The molecule has 0 aromatic heterocycles.